The molecule has 168 valence electrons. The van der Waals surface area contributed by atoms with Crippen LogP contribution in [0.25, 0.3) is 0 Å². The Kier molecular flexibility index (Phi) is 8.20. The van der Waals surface area contributed by atoms with Gasteiger partial charge in [0.25, 0.3) is 5.91 Å². The number of rotatable bonds is 8. The molecule has 2 aromatic rings. The standard InChI is InChI=1S/C25H33FN2O3/c1-17(2)20-9-13-22(14-10-20)31-16-23(29)28(15-19-7-11-21(26)12-8-19)18(3)24(30)27-25(4,5)6/h7-14,17-18H,15-16H2,1-6H3,(H,27,30). The van der Waals surface area contributed by atoms with Crippen LogP contribution in [0.2, 0.25) is 0 Å². The zero-order valence-electron chi connectivity index (χ0n) is 19.2. The third-order valence-electron chi connectivity index (χ3n) is 4.84. The largest absolute Gasteiger partial charge is 0.484 e. The number of hydrogen-bond acceptors (Lipinski definition) is 3. The van der Waals surface area contributed by atoms with Gasteiger partial charge in [0.05, 0.1) is 0 Å². The maximum atomic E-state index is 13.3. The lowest BCUT2D eigenvalue weighted by molar-refractivity contribution is -0.142. The van der Waals surface area contributed by atoms with Crippen LogP contribution < -0.4 is 10.1 Å². The van der Waals surface area contributed by atoms with E-state index in [1.807, 2.05) is 45.0 Å². The van der Waals surface area contributed by atoms with Crippen molar-refractivity contribution < 1.29 is 18.7 Å². The summed E-state index contributed by atoms with van der Waals surface area (Å²) in [7, 11) is 0. The Balaban J connectivity index is 2.14. The molecule has 0 radical (unpaired) electrons. The van der Waals surface area contributed by atoms with Crippen molar-refractivity contribution in [2.24, 2.45) is 0 Å². The van der Waals surface area contributed by atoms with Crippen LogP contribution in [0.15, 0.2) is 48.5 Å². The van der Waals surface area contributed by atoms with Crippen molar-refractivity contribution in [2.75, 3.05) is 6.61 Å². The number of benzene rings is 2. The van der Waals surface area contributed by atoms with Gasteiger partial charge in [-0.05, 0) is 69.0 Å². The third-order valence-corrected chi connectivity index (χ3v) is 4.84. The zero-order chi connectivity index (χ0) is 23.2. The van der Waals surface area contributed by atoms with Crippen LogP contribution in [0.5, 0.6) is 5.75 Å². The van der Waals surface area contributed by atoms with Crippen LogP contribution in [-0.4, -0.2) is 34.9 Å². The van der Waals surface area contributed by atoms with E-state index in [-0.39, 0.29) is 30.8 Å². The molecule has 0 fully saturated rings. The monoisotopic (exact) mass is 428 g/mol. The maximum Gasteiger partial charge on any atom is 0.261 e. The molecule has 0 saturated carbocycles. The summed E-state index contributed by atoms with van der Waals surface area (Å²) in [6.07, 6.45) is 0. The Bertz CT molecular complexity index is 871. The van der Waals surface area contributed by atoms with E-state index in [0.717, 1.165) is 5.56 Å². The molecular formula is C25H33FN2O3. The average molecular weight is 429 g/mol. The third kappa shape index (κ3) is 7.70. The summed E-state index contributed by atoms with van der Waals surface area (Å²) >= 11 is 0. The van der Waals surface area contributed by atoms with E-state index >= 15 is 0 Å². The average Bonchev–Trinajstić information content (AvgIpc) is 2.70. The van der Waals surface area contributed by atoms with Gasteiger partial charge in [0.2, 0.25) is 5.91 Å². The molecule has 1 N–H and O–H groups in total. The Morgan fingerprint density at radius 3 is 2.10 bits per heavy atom. The Morgan fingerprint density at radius 1 is 1.00 bits per heavy atom. The van der Waals surface area contributed by atoms with Gasteiger partial charge in [-0.2, -0.15) is 0 Å². The van der Waals surface area contributed by atoms with Gasteiger partial charge in [-0.15, -0.1) is 0 Å². The highest BCUT2D eigenvalue weighted by Crippen LogP contribution is 2.19. The Labute approximate surface area is 184 Å². The second-order valence-electron chi connectivity index (χ2n) is 9.08. The summed E-state index contributed by atoms with van der Waals surface area (Å²) in [5.41, 5.74) is 1.49. The first-order valence-corrected chi connectivity index (χ1v) is 10.5. The van der Waals surface area contributed by atoms with Gasteiger partial charge in [0.15, 0.2) is 6.61 Å². The van der Waals surface area contributed by atoms with E-state index in [1.165, 1.54) is 22.6 Å². The molecule has 0 aliphatic heterocycles. The summed E-state index contributed by atoms with van der Waals surface area (Å²) < 4.78 is 19.0. The Morgan fingerprint density at radius 2 is 1.58 bits per heavy atom. The highest BCUT2D eigenvalue weighted by molar-refractivity contribution is 5.88. The first-order chi connectivity index (χ1) is 14.5. The first kappa shape index (κ1) is 24.4. The smallest absolute Gasteiger partial charge is 0.261 e. The normalized spacial score (nSPS) is 12.4. The molecule has 2 amide bonds. The van der Waals surface area contributed by atoms with E-state index < -0.39 is 11.6 Å². The molecule has 0 bridgehead atoms. The minimum atomic E-state index is -0.719. The minimum Gasteiger partial charge on any atom is -0.484 e. The van der Waals surface area contributed by atoms with Crippen LogP contribution in [0.3, 0.4) is 0 Å². The zero-order valence-corrected chi connectivity index (χ0v) is 19.2. The van der Waals surface area contributed by atoms with Crippen molar-refractivity contribution in [3.63, 3.8) is 0 Å². The van der Waals surface area contributed by atoms with Crippen molar-refractivity contribution >= 4 is 11.8 Å². The molecule has 31 heavy (non-hydrogen) atoms. The quantitative estimate of drug-likeness (QED) is 0.665. The summed E-state index contributed by atoms with van der Waals surface area (Å²) in [5.74, 6) is 0.0572. The van der Waals surface area contributed by atoms with Crippen LogP contribution in [0.4, 0.5) is 4.39 Å². The maximum absolute atomic E-state index is 13.3. The number of amides is 2. The number of carbonyl (C=O) groups excluding carboxylic acids is 2. The summed E-state index contributed by atoms with van der Waals surface area (Å²) in [5, 5.41) is 2.91. The fourth-order valence-electron chi connectivity index (χ4n) is 3.02. The molecule has 0 saturated heterocycles. The summed E-state index contributed by atoms with van der Waals surface area (Å²) in [6.45, 7) is 11.5. The lowest BCUT2D eigenvalue weighted by atomic mass is 10.0. The van der Waals surface area contributed by atoms with Crippen molar-refractivity contribution in [2.45, 2.75) is 65.6 Å². The van der Waals surface area contributed by atoms with Crippen molar-refractivity contribution in [1.82, 2.24) is 10.2 Å². The van der Waals surface area contributed by atoms with E-state index in [2.05, 4.69) is 19.2 Å². The molecule has 0 spiro atoms. The molecule has 0 heterocycles. The number of hydrogen-bond donors (Lipinski definition) is 1. The molecule has 0 aromatic heterocycles. The SMILES string of the molecule is CC(C)c1ccc(OCC(=O)N(Cc2ccc(F)cc2)C(C)C(=O)NC(C)(C)C)cc1. The molecule has 5 nitrogen and oxygen atoms in total. The molecular weight excluding hydrogens is 395 g/mol. The van der Waals surface area contributed by atoms with Gasteiger partial charge < -0.3 is 15.0 Å². The molecule has 0 aliphatic rings. The minimum absolute atomic E-state index is 0.174. The predicted molar refractivity (Wildman–Crippen MR) is 120 cm³/mol. The second kappa shape index (κ2) is 10.4. The van der Waals surface area contributed by atoms with Crippen LogP contribution in [-0.2, 0) is 16.1 Å². The number of ether oxygens (including phenoxy) is 1. The fraction of sp³-hybridized carbons (Fsp3) is 0.440. The van der Waals surface area contributed by atoms with E-state index in [9.17, 15) is 14.0 Å². The van der Waals surface area contributed by atoms with E-state index in [4.69, 9.17) is 4.74 Å². The fourth-order valence-corrected chi connectivity index (χ4v) is 3.02. The van der Waals surface area contributed by atoms with Crippen molar-refractivity contribution in [1.29, 1.82) is 0 Å². The number of carbonyl (C=O) groups is 2. The second-order valence-corrected chi connectivity index (χ2v) is 9.08. The van der Waals surface area contributed by atoms with Crippen molar-refractivity contribution in [3.8, 4) is 5.75 Å². The van der Waals surface area contributed by atoms with Gasteiger partial charge in [0.1, 0.15) is 17.6 Å². The number of nitrogens with one attached hydrogen (secondary N) is 1. The Hall–Kier alpha value is -2.89. The number of halogens is 1. The topological polar surface area (TPSA) is 58.6 Å². The van der Waals surface area contributed by atoms with Gasteiger partial charge >= 0.3 is 0 Å². The first-order valence-electron chi connectivity index (χ1n) is 10.5. The molecule has 1 unspecified atom stereocenters. The molecule has 6 heteroatoms. The molecule has 0 aliphatic carbocycles. The summed E-state index contributed by atoms with van der Waals surface area (Å²) in [4.78, 5) is 27.2. The van der Waals surface area contributed by atoms with E-state index in [0.29, 0.717) is 11.7 Å². The van der Waals surface area contributed by atoms with E-state index in [1.54, 1.807) is 19.1 Å². The highest BCUT2D eigenvalue weighted by atomic mass is 19.1. The van der Waals surface area contributed by atoms with Gasteiger partial charge in [-0.1, -0.05) is 38.1 Å². The predicted octanol–water partition coefficient (Wildman–Crippen LogP) is 4.66. The highest BCUT2D eigenvalue weighted by Gasteiger charge is 2.28. The molecule has 1 atom stereocenters. The van der Waals surface area contributed by atoms with Gasteiger partial charge in [-0.25, -0.2) is 4.39 Å². The number of nitrogens with zero attached hydrogens (tertiary/aromatic N) is 1. The van der Waals surface area contributed by atoms with Gasteiger partial charge in [-0.3, -0.25) is 9.59 Å². The summed E-state index contributed by atoms with van der Waals surface area (Å²) in [6, 6.07) is 12.8. The molecule has 2 rings (SSSR count). The van der Waals surface area contributed by atoms with Crippen LogP contribution in [0, 0.1) is 5.82 Å². The lowest BCUT2D eigenvalue weighted by Crippen LogP contribution is -2.53. The van der Waals surface area contributed by atoms with Crippen LogP contribution in [0.1, 0.15) is 58.6 Å². The molecule has 2 aromatic carbocycles. The lowest BCUT2D eigenvalue weighted by Gasteiger charge is -2.31. The van der Waals surface area contributed by atoms with Crippen molar-refractivity contribution in [3.05, 3.63) is 65.5 Å². The van der Waals surface area contributed by atoms with Gasteiger partial charge in [0, 0.05) is 12.1 Å². The van der Waals surface area contributed by atoms with Crippen LogP contribution >= 0.6 is 0 Å².